The van der Waals surface area contributed by atoms with Gasteiger partial charge in [-0.25, -0.2) is 0 Å². The third kappa shape index (κ3) is 2.22. The van der Waals surface area contributed by atoms with Crippen LogP contribution < -0.4 is 11.1 Å². The van der Waals surface area contributed by atoms with Crippen molar-refractivity contribution in [2.45, 2.75) is 19.9 Å². The highest BCUT2D eigenvalue weighted by Crippen LogP contribution is 2.12. The highest BCUT2D eigenvalue weighted by atomic mass is 16.3. The Morgan fingerprint density at radius 1 is 1.61 bits per heavy atom. The normalized spacial score (nSPS) is 10.6. The van der Waals surface area contributed by atoms with Crippen LogP contribution in [-0.2, 0) is 20.0 Å². The van der Waals surface area contributed by atoms with Crippen LogP contribution in [0.3, 0.4) is 0 Å². The van der Waals surface area contributed by atoms with E-state index in [0.29, 0.717) is 30.1 Å². The summed E-state index contributed by atoms with van der Waals surface area (Å²) in [6, 6.07) is 1.67. The second-order valence-corrected chi connectivity index (χ2v) is 3.97. The van der Waals surface area contributed by atoms with Gasteiger partial charge < -0.3 is 15.5 Å². The Balaban J connectivity index is 2.03. The van der Waals surface area contributed by atoms with Gasteiger partial charge in [0.1, 0.15) is 11.6 Å². The number of aryl methyl sites for hydroxylation is 2. The highest BCUT2D eigenvalue weighted by Gasteiger charge is 2.13. The Labute approximate surface area is 105 Å². The van der Waals surface area contributed by atoms with Crippen molar-refractivity contribution in [2.24, 2.45) is 7.05 Å². The van der Waals surface area contributed by atoms with Gasteiger partial charge in [0.05, 0.1) is 18.0 Å². The number of rotatable bonds is 4. The predicted molar refractivity (Wildman–Crippen MR) is 66.9 cm³/mol. The molecule has 0 aliphatic carbocycles. The first kappa shape index (κ1) is 12.2. The monoisotopic (exact) mass is 248 g/mol. The van der Waals surface area contributed by atoms with Crippen molar-refractivity contribution in [3.63, 3.8) is 0 Å². The van der Waals surface area contributed by atoms with Crippen LogP contribution >= 0.6 is 0 Å². The van der Waals surface area contributed by atoms with E-state index in [1.807, 2.05) is 6.92 Å². The minimum absolute atomic E-state index is 0.163. The topological polar surface area (TPSA) is 86.1 Å². The van der Waals surface area contributed by atoms with Crippen molar-refractivity contribution >= 4 is 11.7 Å². The summed E-state index contributed by atoms with van der Waals surface area (Å²) in [7, 11) is 1.76. The molecule has 6 nitrogen and oxygen atoms in total. The number of amides is 1. The second-order valence-electron chi connectivity index (χ2n) is 3.97. The molecule has 2 heterocycles. The zero-order chi connectivity index (χ0) is 13.1. The summed E-state index contributed by atoms with van der Waals surface area (Å²) >= 11 is 0. The maximum Gasteiger partial charge on any atom is 0.255 e. The van der Waals surface area contributed by atoms with Crippen LogP contribution in [0, 0.1) is 0 Å². The van der Waals surface area contributed by atoms with Gasteiger partial charge in [0, 0.05) is 25.6 Å². The SMILES string of the molecule is CCc1occc1C(=O)NCc1cnn(C)c1N. The number of carbonyl (C=O) groups is 1. The van der Waals surface area contributed by atoms with Crippen molar-refractivity contribution in [2.75, 3.05) is 5.73 Å². The summed E-state index contributed by atoms with van der Waals surface area (Å²) in [5.74, 6) is 1.08. The van der Waals surface area contributed by atoms with Crippen molar-refractivity contribution < 1.29 is 9.21 Å². The number of nitrogens with one attached hydrogen (secondary N) is 1. The standard InChI is InChI=1S/C12H16N4O2/c1-3-10-9(4-5-18-10)12(17)14-6-8-7-15-16(2)11(8)13/h4-5,7H,3,6,13H2,1-2H3,(H,14,17). The maximum atomic E-state index is 11.9. The molecule has 96 valence electrons. The molecule has 0 fully saturated rings. The van der Waals surface area contributed by atoms with Crippen LogP contribution in [0.25, 0.3) is 0 Å². The number of furan rings is 1. The second kappa shape index (κ2) is 4.95. The van der Waals surface area contributed by atoms with Crippen LogP contribution in [0.2, 0.25) is 0 Å². The molecule has 0 bridgehead atoms. The number of anilines is 1. The van der Waals surface area contributed by atoms with Crippen molar-refractivity contribution in [1.29, 1.82) is 0 Å². The van der Waals surface area contributed by atoms with E-state index in [1.165, 1.54) is 6.26 Å². The first-order chi connectivity index (χ1) is 8.63. The van der Waals surface area contributed by atoms with Gasteiger partial charge in [-0.3, -0.25) is 9.48 Å². The molecule has 2 rings (SSSR count). The largest absolute Gasteiger partial charge is 0.469 e. The molecule has 0 spiro atoms. The molecule has 1 amide bonds. The third-order valence-corrected chi connectivity index (χ3v) is 2.81. The average Bonchev–Trinajstić information content (AvgIpc) is 2.96. The van der Waals surface area contributed by atoms with Crippen LogP contribution in [0.5, 0.6) is 0 Å². The van der Waals surface area contributed by atoms with E-state index in [4.69, 9.17) is 10.2 Å². The van der Waals surface area contributed by atoms with Crippen molar-refractivity contribution in [3.8, 4) is 0 Å². The fourth-order valence-corrected chi connectivity index (χ4v) is 1.72. The third-order valence-electron chi connectivity index (χ3n) is 2.81. The maximum absolute atomic E-state index is 11.9. The van der Waals surface area contributed by atoms with Crippen LogP contribution in [0.15, 0.2) is 22.9 Å². The van der Waals surface area contributed by atoms with Gasteiger partial charge in [-0.1, -0.05) is 6.92 Å². The van der Waals surface area contributed by atoms with E-state index in [2.05, 4.69) is 10.4 Å². The molecule has 0 aliphatic rings. The lowest BCUT2D eigenvalue weighted by molar-refractivity contribution is 0.0949. The van der Waals surface area contributed by atoms with E-state index in [9.17, 15) is 4.79 Å². The van der Waals surface area contributed by atoms with E-state index < -0.39 is 0 Å². The minimum Gasteiger partial charge on any atom is -0.469 e. The molecule has 0 saturated carbocycles. The number of hydrogen-bond donors (Lipinski definition) is 2. The molecule has 0 aromatic carbocycles. The van der Waals surface area contributed by atoms with Crippen molar-refractivity contribution in [3.05, 3.63) is 35.4 Å². The lowest BCUT2D eigenvalue weighted by atomic mass is 10.2. The molecule has 0 unspecified atom stereocenters. The number of nitrogen functional groups attached to an aromatic ring is 1. The summed E-state index contributed by atoms with van der Waals surface area (Å²) in [5.41, 5.74) is 7.16. The summed E-state index contributed by atoms with van der Waals surface area (Å²) in [5, 5.41) is 6.81. The van der Waals surface area contributed by atoms with Crippen LogP contribution in [-0.4, -0.2) is 15.7 Å². The highest BCUT2D eigenvalue weighted by molar-refractivity contribution is 5.95. The number of nitrogens with two attached hydrogens (primary N) is 1. The minimum atomic E-state index is -0.163. The lowest BCUT2D eigenvalue weighted by Crippen LogP contribution is -2.23. The molecule has 0 radical (unpaired) electrons. The van der Waals surface area contributed by atoms with Crippen molar-refractivity contribution in [1.82, 2.24) is 15.1 Å². The lowest BCUT2D eigenvalue weighted by Gasteiger charge is -2.04. The Kier molecular flexibility index (Phi) is 3.36. The van der Waals surface area contributed by atoms with Crippen LogP contribution in [0.4, 0.5) is 5.82 Å². The molecule has 0 saturated heterocycles. The quantitative estimate of drug-likeness (QED) is 0.848. The summed E-state index contributed by atoms with van der Waals surface area (Å²) in [4.78, 5) is 11.9. The molecule has 0 atom stereocenters. The Bertz CT molecular complexity index is 556. The number of hydrogen-bond acceptors (Lipinski definition) is 4. The molecule has 2 aromatic rings. The summed E-state index contributed by atoms with van der Waals surface area (Å²) in [6.45, 7) is 2.29. The summed E-state index contributed by atoms with van der Waals surface area (Å²) < 4.78 is 6.78. The van der Waals surface area contributed by atoms with Gasteiger partial charge in [0.15, 0.2) is 0 Å². The van der Waals surface area contributed by atoms with E-state index in [0.717, 1.165) is 5.56 Å². The molecule has 6 heteroatoms. The Hall–Kier alpha value is -2.24. The first-order valence-corrected chi connectivity index (χ1v) is 5.74. The van der Waals surface area contributed by atoms with Gasteiger partial charge in [0.2, 0.25) is 0 Å². The number of aromatic nitrogens is 2. The predicted octanol–water partition coefficient (Wildman–Crippen LogP) is 1.09. The summed E-state index contributed by atoms with van der Waals surface area (Å²) in [6.07, 6.45) is 3.85. The van der Waals surface area contributed by atoms with Gasteiger partial charge in [-0.15, -0.1) is 0 Å². The van der Waals surface area contributed by atoms with E-state index in [-0.39, 0.29) is 5.91 Å². The fraction of sp³-hybridized carbons (Fsp3) is 0.333. The molecular formula is C12H16N4O2. The van der Waals surface area contributed by atoms with Crippen LogP contribution in [0.1, 0.15) is 28.6 Å². The zero-order valence-corrected chi connectivity index (χ0v) is 10.4. The number of carbonyl (C=O) groups excluding carboxylic acids is 1. The van der Waals surface area contributed by atoms with Gasteiger partial charge >= 0.3 is 0 Å². The average molecular weight is 248 g/mol. The molecule has 18 heavy (non-hydrogen) atoms. The van der Waals surface area contributed by atoms with E-state index in [1.54, 1.807) is 24.0 Å². The first-order valence-electron chi connectivity index (χ1n) is 5.74. The smallest absolute Gasteiger partial charge is 0.255 e. The molecule has 0 aliphatic heterocycles. The van der Waals surface area contributed by atoms with Gasteiger partial charge in [-0.2, -0.15) is 5.10 Å². The molecule has 3 N–H and O–H groups in total. The molecule has 2 aromatic heterocycles. The van der Waals surface area contributed by atoms with E-state index >= 15 is 0 Å². The fourth-order valence-electron chi connectivity index (χ4n) is 1.72. The zero-order valence-electron chi connectivity index (χ0n) is 10.4. The van der Waals surface area contributed by atoms with Gasteiger partial charge in [-0.05, 0) is 6.07 Å². The number of nitrogens with zero attached hydrogens (tertiary/aromatic N) is 2. The van der Waals surface area contributed by atoms with Gasteiger partial charge in [0.25, 0.3) is 5.91 Å². The Morgan fingerprint density at radius 3 is 3.00 bits per heavy atom. The Morgan fingerprint density at radius 2 is 2.39 bits per heavy atom. The molecular weight excluding hydrogens is 232 g/mol.